The highest BCUT2D eigenvalue weighted by Gasteiger charge is 2.13. The number of hydrogen-bond acceptors (Lipinski definition) is 5. The van der Waals surface area contributed by atoms with Gasteiger partial charge in [0.2, 0.25) is 0 Å². The first-order chi connectivity index (χ1) is 7.58. The van der Waals surface area contributed by atoms with Gasteiger partial charge >= 0.3 is 0 Å². The summed E-state index contributed by atoms with van der Waals surface area (Å²) in [5.41, 5.74) is 0.554. The van der Waals surface area contributed by atoms with E-state index >= 15 is 0 Å². The van der Waals surface area contributed by atoms with Crippen molar-refractivity contribution in [3.63, 3.8) is 0 Å². The van der Waals surface area contributed by atoms with E-state index in [1.54, 1.807) is 6.92 Å². The summed E-state index contributed by atoms with van der Waals surface area (Å²) in [6.07, 6.45) is 2.17. The molecule has 1 aromatic heterocycles. The highest BCUT2D eigenvalue weighted by Crippen LogP contribution is 2.20. The average molecular weight is 225 g/mol. The van der Waals surface area contributed by atoms with Crippen molar-refractivity contribution in [1.82, 2.24) is 4.98 Å². The maximum atomic E-state index is 10.7. The molecule has 0 saturated carbocycles. The zero-order valence-corrected chi connectivity index (χ0v) is 9.30. The molecule has 0 bridgehead atoms. The lowest BCUT2D eigenvalue weighted by Crippen LogP contribution is -2.23. The van der Waals surface area contributed by atoms with E-state index in [2.05, 4.69) is 10.3 Å². The van der Waals surface area contributed by atoms with Gasteiger partial charge in [-0.25, -0.2) is 4.98 Å². The Hall–Kier alpha value is -1.69. The molecule has 1 atom stereocenters. The van der Waals surface area contributed by atoms with Crippen molar-refractivity contribution in [2.24, 2.45) is 0 Å². The molecule has 16 heavy (non-hydrogen) atoms. The Bertz CT molecular complexity index is 378. The molecule has 0 saturated heterocycles. The molecule has 0 aliphatic carbocycles. The highest BCUT2D eigenvalue weighted by molar-refractivity contribution is 5.49. The lowest BCUT2D eigenvalue weighted by molar-refractivity contribution is -0.385. The smallest absolute Gasteiger partial charge is 0.277 e. The summed E-state index contributed by atoms with van der Waals surface area (Å²) in [6, 6.07) is 1.25. The van der Waals surface area contributed by atoms with Crippen LogP contribution in [0.2, 0.25) is 0 Å². The Balaban J connectivity index is 2.90. The normalized spacial score (nSPS) is 12.2. The predicted molar refractivity (Wildman–Crippen MR) is 60.4 cm³/mol. The van der Waals surface area contributed by atoms with E-state index in [9.17, 15) is 10.1 Å². The van der Waals surface area contributed by atoms with Crippen LogP contribution in [0.1, 0.15) is 18.9 Å². The Morgan fingerprint density at radius 1 is 1.69 bits per heavy atom. The summed E-state index contributed by atoms with van der Waals surface area (Å²) in [4.78, 5) is 14.3. The maximum Gasteiger partial charge on any atom is 0.277 e. The van der Waals surface area contributed by atoms with Gasteiger partial charge in [0.15, 0.2) is 0 Å². The largest absolute Gasteiger partial charge is 0.394 e. The fourth-order valence-corrected chi connectivity index (χ4v) is 1.27. The van der Waals surface area contributed by atoms with Crippen LogP contribution in [0.25, 0.3) is 0 Å². The van der Waals surface area contributed by atoms with Crippen molar-refractivity contribution in [2.75, 3.05) is 11.9 Å². The van der Waals surface area contributed by atoms with Gasteiger partial charge in [0.1, 0.15) is 5.82 Å². The van der Waals surface area contributed by atoms with Gasteiger partial charge in [0, 0.05) is 11.8 Å². The van der Waals surface area contributed by atoms with E-state index in [1.807, 2.05) is 6.92 Å². The van der Waals surface area contributed by atoms with Crippen molar-refractivity contribution in [1.29, 1.82) is 0 Å². The third-order valence-electron chi connectivity index (χ3n) is 2.34. The average Bonchev–Trinajstić information content (AvgIpc) is 2.27. The zero-order chi connectivity index (χ0) is 12.1. The van der Waals surface area contributed by atoms with Crippen molar-refractivity contribution >= 4 is 11.5 Å². The molecule has 6 heteroatoms. The Labute approximate surface area is 93.5 Å². The Morgan fingerprint density at radius 2 is 2.38 bits per heavy atom. The third-order valence-corrected chi connectivity index (χ3v) is 2.34. The van der Waals surface area contributed by atoms with Crippen LogP contribution in [0, 0.1) is 17.0 Å². The summed E-state index contributed by atoms with van der Waals surface area (Å²) >= 11 is 0. The molecule has 0 aliphatic heterocycles. The minimum absolute atomic E-state index is 0.0279. The van der Waals surface area contributed by atoms with Crippen LogP contribution in [-0.4, -0.2) is 27.7 Å². The van der Waals surface area contributed by atoms with Gasteiger partial charge < -0.3 is 10.4 Å². The summed E-state index contributed by atoms with van der Waals surface area (Å²) in [7, 11) is 0. The molecule has 0 unspecified atom stereocenters. The van der Waals surface area contributed by atoms with E-state index in [1.165, 1.54) is 12.3 Å². The van der Waals surface area contributed by atoms with Gasteiger partial charge in [0.25, 0.3) is 5.69 Å². The number of anilines is 1. The van der Waals surface area contributed by atoms with E-state index in [0.717, 1.165) is 6.42 Å². The first-order valence-corrected chi connectivity index (χ1v) is 5.07. The number of rotatable bonds is 5. The number of aromatic nitrogens is 1. The molecule has 0 fully saturated rings. The number of nitrogens with zero attached hydrogens (tertiary/aromatic N) is 2. The van der Waals surface area contributed by atoms with E-state index in [-0.39, 0.29) is 18.3 Å². The van der Waals surface area contributed by atoms with Crippen LogP contribution in [0.5, 0.6) is 0 Å². The Kier molecular flexibility index (Phi) is 4.19. The molecule has 1 heterocycles. The minimum atomic E-state index is -0.442. The predicted octanol–water partition coefficient (Wildman–Crippen LogP) is 1.48. The van der Waals surface area contributed by atoms with E-state index < -0.39 is 4.92 Å². The molecule has 0 aromatic carbocycles. The van der Waals surface area contributed by atoms with E-state index in [4.69, 9.17) is 5.11 Å². The number of pyridine rings is 1. The second-order valence-electron chi connectivity index (χ2n) is 3.55. The van der Waals surface area contributed by atoms with Crippen molar-refractivity contribution in [3.05, 3.63) is 27.9 Å². The molecular formula is C10H15N3O3. The number of nitrogens with one attached hydrogen (secondary N) is 1. The lowest BCUT2D eigenvalue weighted by atomic mass is 10.2. The van der Waals surface area contributed by atoms with Gasteiger partial charge in [-0.1, -0.05) is 6.92 Å². The quantitative estimate of drug-likeness (QED) is 0.585. The first-order valence-electron chi connectivity index (χ1n) is 5.07. The molecular weight excluding hydrogens is 210 g/mol. The summed E-state index contributed by atoms with van der Waals surface area (Å²) in [5, 5.41) is 22.6. The standard InChI is InChI=1S/C10H15N3O3/c1-3-8(6-14)12-10-4-9(13(15)16)7(2)5-11-10/h4-5,8,14H,3,6H2,1-2H3,(H,11,12)/t8-/m0/s1. The zero-order valence-electron chi connectivity index (χ0n) is 9.30. The Morgan fingerprint density at radius 3 is 2.88 bits per heavy atom. The van der Waals surface area contributed by atoms with Gasteiger partial charge in [-0.2, -0.15) is 0 Å². The first kappa shape index (κ1) is 12.4. The van der Waals surface area contributed by atoms with Crippen LogP contribution in [0.3, 0.4) is 0 Å². The van der Waals surface area contributed by atoms with Gasteiger partial charge in [0.05, 0.1) is 23.6 Å². The van der Waals surface area contributed by atoms with Gasteiger partial charge in [-0.05, 0) is 13.3 Å². The van der Waals surface area contributed by atoms with Crippen LogP contribution in [0.15, 0.2) is 12.3 Å². The number of aliphatic hydroxyl groups excluding tert-OH is 1. The van der Waals surface area contributed by atoms with Gasteiger partial charge in [-0.15, -0.1) is 0 Å². The molecule has 0 radical (unpaired) electrons. The SMILES string of the molecule is CC[C@@H](CO)Nc1cc([N+](=O)[O-])c(C)cn1. The second-order valence-corrected chi connectivity index (χ2v) is 3.55. The fraction of sp³-hybridized carbons (Fsp3) is 0.500. The lowest BCUT2D eigenvalue weighted by Gasteiger charge is -2.14. The highest BCUT2D eigenvalue weighted by atomic mass is 16.6. The minimum Gasteiger partial charge on any atom is -0.394 e. The van der Waals surface area contributed by atoms with Crippen molar-refractivity contribution in [2.45, 2.75) is 26.3 Å². The topological polar surface area (TPSA) is 88.3 Å². The maximum absolute atomic E-state index is 10.7. The summed E-state index contributed by atoms with van der Waals surface area (Å²) in [5.74, 6) is 0.415. The van der Waals surface area contributed by atoms with Crippen LogP contribution >= 0.6 is 0 Å². The monoisotopic (exact) mass is 225 g/mol. The van der Waals surface area contributed by atoms with Crippen LogP contribution in [-0.2, 0) is 0 Å². The van der Waals surface area contributed by atoms with Gasteiger partial charge in [-0.3, -0.25) is 10.1 Å². The summed E-state index contributed by atoms with van der Waals surface area (Å²) < 4.78 is 0. The molecule has 0 aliphatic rings. The van der Waals surface area contributed by atoms with E-state index in [0.29, 0.717) is 11.4 Å². The van der Waals surface area contributed by atoms with Crippen molar-refractivity contribution < 1.29 is 10.0 Å². The number of hydrogen-bond donors (Lipinski definition) is 2. The molecule has 1 rings (SSSR count). The van der Waals surface area contributed by atoms with Crippen molar-refractivity contribution in [3.8, 4) is 0 Å². The number of aliphatic hydroxyl groups is 1. The molecule has 2 N–H and O–H groups in total. The summed E-state index contributed by atoms with van der Waals surface area (Å²) in [6.45, 7) is 3.52. The molecule has 0 amide bonds. The fourth-order valence-electron chi connectivity index (χ4n) is 1.27. The molecule has 6 nitrogen and oxygen atoms in total. The molecule has 1 aromatic rings. The number of nitro groups is 1. The second kappa shape index (κ2) is 5.41. The van der Waals surface area contributed by atoms with Crippen LogP contribution < -0.4 is 5.32 Å². The number of aryl methyl sites for hydroxylation is 1. The van der Waals surface area contributed by atoms with Crippen LogP contribution in [0.4, 0.5) is 11.5 Å². The molecule has 88 valence electrons. The third kappa shape index (κ3) is 2.90. The molecule has 0 spiro atoms.